The first-order chi connectivity index (χ1) is 22.9. The lowest BCUT2D eigenvalue weighted by Crippen LogP contribution is -2.42. The Morgan fingerprint density at radius 2 is 1.27 bits per heavy atom. The maximum absolute atomic E-state index is 15.0. The van der Waals surface area contributed by atoms with E-state index < -0.39 is 0 Å². The van der Waals surface area contributed by atoms with Crippen LogP contribution in [0.5, 0.6) is 0 Å². The highest BCUT2D eigenvalue weighted by Crippen LogP contribution is 2.50. The number of hydrogen-bond acceptors (Lipinski definition) is 3. The van der Waals surface area contributed by atoms with E-state index in [0.29, 0.717) is 33.3 Å². The first-order valence-electron chi connectivity index (χ1n) is 16.5. The van der Waals surface area contributed by atoms with Crippen molar-refractivity contribution in [2.75, 3.05) is 4.90 Å². The van der Waals surface area contributed by atoms with Gasteiger partial charge in [0.2, 0.25) is 0 Å². The van der Waals surface area contributed by atoms with Crippen molar-refractivity contribution in [1.82, 2.24) is 4.57 Å². The third kappa shape index (κ3) is 3.64. The lowest BCUT2D eigenvalue weighted by Gasteiger charge is -2.34. The van der Waals surface area contributed by atoms with Gasteiger partial charge in [0.25, 0.3) is 17.7 Å². The van der Waals surface area contributed by atoms with Crippen molar-refractivity contribution in [2.24, 2.45) is 0 Å². The van der Waals surface area contributed by atoms with Gasteiger partial charge in [0.15, 0.2) is 0 Å². The molecule has 0 atom stereocenters. The fourth-order valence-corrected chi connectivity index (χ4v) is 8.01. The van der Waals surface area contributed by atoms with Crippen molar-refractivity contribution >= 4 is 77.5 Å². The quantitative estimate of drug-likeness (QED) is 0.109. The molecule has 0 radical (unpaired) electrons. The molecule has 0 spiro atoms. The van der Waals surface area contributed by atoms with Crippen LogP contribution < -0.4 is 4.90 Å². The van der Waals surface area contributed by atoms with Gasteiger partial charge in [-0.25, -0.2) is 4.90 Å². The molecule has 234 valence electrons. The van der Waals surface area contributed by atoms with Gasteiger partial charge in [-0.2, -0.15) is 0 Å². The van der Waals surface area contributed by atoms with Gasteiger partial charge in [0.05, 0.1) is 22.3 Å². The molecule has 1 aromatic heterocycles. The Morgan fingerprint density at radius 3 is 2.00 bits per heavy atom. The fourth-order valence-electron chi connectivity index (χ4n) is 8.01. The maximum Gasteiger partial charge on any atom is 0.266 e. The van der Waals surface area contributed by atoms with Gasteiger partial charge in [0, 0.05) is 32.7 Å². The summed E-state index contributed by atoms with van der Waals surface area (Å²) >= 11 is 0. The van der Waals surface area contributed by atoms with E-state index in [1.165, 1.54) is 4.90 Å². The lowest BCUT2D eigenvalue weighted by atomic mass is 9.80. The standard InChI is InChI=1S/C43H34N2O3/c1-42(2,3)25-16-19-30(43(4,5)6)32(21-25)45-40(47)28-18-17-27-26-14-10-13-23-15-20-31-37(34(23)26)38-33(22-29(41(45)48)35(28)36(27)38)44(31)39(46)24-11-8-7-9-12-24/h7-22H,1-6H3. The van der Waals surface area contributed by atoms with Crippen molar-refractivity contribution < 1.29 is 14.4 Å². The van der Waals surface area contributed by atoms with Crippen LogP contribution in [0.3, 0.4) is 0 Å². The molecule has 0 aliphatic carbocycles. The maximum atomic E-state index is 15.0. The Bertz CT molecular complexity index is 2680. The normalized spacial score (nSPS) is 14.2. The van der Waals surface area contributed by atoms with E-state index in [-0.39, 0.29) is 28.6 Å². The van der Waals surface area contributed by atoms with Gasteiger partial charge in [0.1, 0.15) is 0 Å². The molecule has 5 nitrogen and oxygen atoms in total. The molecular formula is C43H34N2O3. The molecular weight excluding hydrogens is 592 g/mol. The Morgan fingerprint density at radius 1 is 0.562 bits per heavy atom. The minimum absolute atomic E-state index is 0.164. The average molecular weight is 627 g/mol. The van der Waals surface area contributed by atoms with Crippen molar-refractivity contribution in [1.29, 1.82) is 0 Å². The lowest BCUT2D eigenvalue weighted by molar-refractivity contribution is 0.0891. The van der Waals surface area contributed by atoms with E-state index in [0.717, 1.165) is 54.3 Å². The smallest absolute Gasteiger partial charge is 0.266 e. The molecule has 2 heterocycles. The SMILES string of the molecule is CC(C)(C)c1ccc(C(C)(C)C)c(N2C(=O)c3ccc4c5cccc6ccc7c(c65)c5c4c3c(cc5n7C(=O)c3ccccc3)C2=O)c1. The molecule has 1 aliphatic heterocycles. The monoisotopic (exact) mass is 626 g/mol. The highest BCUT2D eigenvalue weighted by atomic mass is 16.2. The molecule has 0 fully saturated rings. The van der Waals surface area contributed by atoms with E-state index in [2.05, 4.69) is 71.9 Å². The second kappa shape index (κ2) is 9.29. The minimum atomic E-state index is -0.379. The average Bonchev–Trinajstić information content (AvgIpc) is 3.40. The Labute approximate surface area is 278 Å². The molecule has 0 saturated carbocycles. The number of hydrogen-bond donors (Lipinski definition) is 0. The number of benzene rings is 7. The highest BCUT2D eigenvalue weighted by Gasteiger charge is 2.39. The number of imide groups is 1. The summed E-state index contributed by atoms with van der Waals surface area (Å²) in [5, 5.41) is 7.58. The van der Waals surface area contributed by atoms with E-state index in [4.69, 9.17) is 0 Å². The van der Waals surface area contributed by atoms with Gasteiger partial charge in [-0.05, 0) is 79.9 Å². The predicted molar refractivity (Wildman–Crippen MR) is 195 cm³/mol. The van der Waals surface area contributed by atoms with E-state index in [1.807, 2.05) is 66.7 Å². The number of rotatable bonds is 2. The van der Waals surface area contributed by atoms with Gasteiger partial charge in [-0.15, -0.1) is 0 Å². The van der Waals surface area contributed by atoms with E-state index in [9.17, 15) is 14.4 Å². The first kappa shape index (κ1) is 28.7. The number of amides is 2. The van der Waals surface area contributed by atoms with Gasteiger partial charge in [-0.3, -0.25) is 19.0 Å². The number of fused-ring (bicyclic) bond motifs is 1. The molecule has 0 N–H and O–H groups in total. The number of carbonyl (C=O) groups excluding carboxylic acids is 3. The van der Waals surface area contributed by atoms with Gasteiger partial charge in [-0.1, -0.05) is 102 Å². The van der Waals surface area contributed by atoms with Crippen LogP contribution in [0.25, 0.3) is 54.1 Å². The summed E-state index contributed by atoms with van der Waals surface area (Å²) in [6.45, 7) is 12.7. The van der Waals surface area contributed by atoms with E-state index in [1.54, 1.807) is 4.57 Å². The zero-order valence-corrected chi connectivity index (χ0v) is 27.9. The minimum Gasteiger partial charge on any atom is -0.276 e. The molecule has 8 aromatic rings. The van der Waals surface area contributed by atoms with Crippen LogP contribution in [-0.4, -0.2) is 22.3 Å². The van der Waals surface area contributed by atoms with Crippen LogP contribution in [0.2, 0.25) is 0 Å². The molecule has 0 bridgehead atoms. The van der Waals surface area contributed by atoms with Crippen LogP contribution in [0, 0.1) is 0 Å². The van der Waals surface area contributed by atoms with Crippen LogP contribution in [-0.2, 0) is 10.8 Å². The number of nitrogens with zero attached hydrogens (tertiary/aromatic N) is 2. The van der Waals surface area contributed by atoms with Crippen molar-refractivity contribution in [3.8, 4) is 0 Å². The number of anilines is 1. The number of carbonyl (C=O) groups is 3. The third-order valence-corrected chi connectivity index (χ3v) is 10.3. The summed E-state index contributed by atoms with van der Waals surface area (Å²) in [4.78, 5) is 45.5. The zero-order valence-electron chi connectivity index (χ0n) is 27.9. The molecule has 0 unspecified atom stereocenters. The molecule has 1 aliphatic rings. The topological polar surface area (TPSA) is 59.4 Å². The molecule has 9 rings (SSSR count). The predicted octanol–water partition coefficient (Wildman–Crippen LogP) is 10.2. The van der Waals surface area contributed by atoms with Crippen LogP contribution in [0.1, 0.15) is 83.7 Å². The number of aromatic nitrogens is 1. The van der Waals surface area contributed by atoms with Crippen molar-refractivity contribution in [3.05, 3.63) is 125 Å². The summed E-state index contributed by atoms with van der Waals surface area (Å²) in [6.07, 6.45) is 0. The second-order valence-corrected chi connectivity index (χ2v) is 15.3. The summed E-state index contributed by atoms with van der Waals surface area (Å²) in [6, 6.07) is 31.5. The molecule has 2 amide bonds. The van der Waals surface area contributed by atoms with Crippen molar-refractivity contribution in [3.63, 3.8) is 0 Å². The van der Waals surface area contributed by atoms with Gasteiger partial charge < -0.3 is 0 Å². The first-order valence-corrected chi connectivity index (χ1v) is 16.5. The summed E-state index contributed by atoms with van der Waals surface area (Å²) in [5.41, 5.74) is 4.97. The van der Waals surface area contributed by atoms with E-state index >= 15 is 0 Å². The molecule has 7 aromatic carbocycles. The largest absolute Gasteiger partial charge is 0.276 e. The summed E-state index contributed by atoms with van der Waals surface area (Å²) < 4.78 is 1.77. The fraction of sp³-hybridized carbons (Fsp3) is 0.186. The molecule has 5 heteroatoms. The summed E-state index contributed by atoms with van der Waals surface area (Å²) in [5.74, 6) is -0.873. The van der Waals surface area contributed by atoms with Crippen LogP contribution in [0.4, 0.5) is 5.69 Å². The van der Waals surface area contributed by atoms with Gasteiger partial charge >= 0.3 is 0 Å². The third-order valence-electron chi connectivity index (χ3n) is 10.3. The second-order valence-electron chi connectivity index (χ2n) is 15.3. The van der Waals surface area contributed by atoms with Crippen LogP contribution in [0.15, 0.2) is 97.1 Å². The van der Waals surface area contributed by atoms with Crippen molar-refractivity contribution in [2.45, 2.75) is 52.4 Å². The molecule has 48 heavy (non-hydrogen) atoms. The molecule has 0 saturated heterocycles. The summed E-state index contributed by atoms with van der Waals surface area (Å²) in [7, 11) is 0. The Kier molecular flexibility index (Phi) is 5.54. The van der Waals surface area contributed by atoms with Crippen LogP contribution >= 0.6 is 0 Å². The Hall–Kier alpha value is -5.55. The highest BCUT2D eigenvalue weighted by molar-refractivity contribution is 6.46. The zero-order chi connectivity index (χ0) is 33.4. The Balaban J connectivity index is 1.42.